The van der Waals surface area contributed by atoms with Gasteiger partial charge in [-0.2, -0.15) is 13.2 Å². The molecule has 10 heteroatoms. The fourth-order valence-electron chi connectivity index (χ4n) is 2.62. The molecule has 0 radical (unpaired) electrons. The number of amides is 1. The van der Waals surface area contributed by atoms with E-state index in [0.29, 0.717) is 37.7 Å². The fraction of sp³-hybridized carbons (Fsp3) is 0.600. The maximum Gasteiger partial charge on any atom is 0.411 e. The Hall–Kier alpha value is -1.56. The molecule has 1 rings (SSSR count). The highest BCUT2D eigenvalue weighted by Crippen LogP contribution is 2.16. The molecular weight excluding hydrogens is 512 g/mol. The van der Waals surface area contributed by atoms with Gasteiger partial charge in [0.05, 0.1) is 19.7 Å². The lowest BCUT2D eigenvalue weighted by atomic mass is 10.1. The smallest absolute Gasteiger partial charge is 0.367 e. The summed E-state index contributed by atoms with van der Waals surface area (Å²) in [5.74, 6) is 0.650. The Labute approximate surface area is 193 Å². The Bertz CT molecular complexity index is 650. The zero-order valence-electron chi connectivity index (χ0n) is 18.0. The van der Waals surface area contributed by atoms with Crippen LogP contribution in [-0.2, 0) is 22.7 Å². The number of aliphatic imine (C=N–C) groups is 1. The van der Waals surface area contributed by atoms with E-state index in [1.807, 2.05) is 27.8 Å². The maximum atomic E-state index is 12.3. The van der Waals surface area contributed by atoms with Crippen molar-refractivity contribution in [1.29, 1.82) is 0 Å². The quantitative estimate of drug-likeness (QED) is 0.278. The molecule has 0 aliphatic rings. The number of likely N-dealkylation sites (N-methyl/N-ethyl adjacent to an activating group) is 2. The highest BCUT2D eigenvalue weighted by Gasteiger charge is 2.27. The normalized spacial score (nSPS) is 11.6. The first kappa shape index (κ1) is 28.4. The molecule has 0 unspecified atom stereocenters. The SMILES string of the molecule is CCNC(=NCc1ccc(COCC(F)(F)F)cc1)N(C)CC(=O)N(CC)CC.I. The number of halogens is 4. The molecule has 1 N–H and O–H groups in total. The summed E-state index contributed by atoms with van der Waals surface area (Å²) in [5, 5.41) is 3.17. The Morgan fingerprint density at radius 2 is 1.67 bits per heavy atom. The Morgan fingerprint density at radius 3 is 2.17 bits per heavy atom. The molecule has 0 fully saturated rings. The second kappa shape index (κ2) is 14.4. The monoisotopic (exact) mass is 544 g/mol. The van der Waals surface area contributed by atoms with Gasteiger partial charge in [-0.1, -0.05) is 24.3 Å². The predicted octanol–water partition coefficient (Wildman–Crippen LogP) is 3.65. The minimum atomic E-state index is -4.32. The first-order valence-corrected chi connectivity index (χ1v) is 9.69. The molecule has 1 amide bonds. The van der Waals surface area contributed by atoms with E-state index in [9.17, 15) is 18.0 Å². The second-order valence-corrected chi connectivity index (χ2v) is 6.52. The highest BCUT2D eigenvalue weighted by atomic mass is 127. The summed E-state index contributed by atoms with van der Waals surface area (Å²) >= 11 is 0. The van der Waals surface area contributed by atoms with Crippen molar-refractivity contribution < 1.29 is 22.7 Å². The van der Waals surface area contributed by atoms with Gasteiger partial charge in [0.1, 0.15) is 6.61 Å². The van der Waals surface area contributed by atoms with Crippen molar-refractivity contribution in [2.75, 3.05) is 39.8 Å². The summed E-state index contributed by atoms with van der Waals surface area (Å²) in [6, 6.07) is 7.06. The third-order valence-electron chi connectivity index (χ3n) is 4.15. The molecule has 0 spiro atoms. The maximum absolute atomic E-state index is 12.3. The van der Waals surface area contributed by atoms with Gasteiger partial charge in [-0.15, -0.1) is 24.0 Å². The van der Waals surface area contributed by atoms with Crippen LogP contribution in [0.15, 0.2) is 29.3 Å². The zero-order valence-corrected chi connectivity index (χ0v) is 20.3. The fourth-order valence-corrected chi connectivity index (χ4v) is 2.62. The molecule has 0 aliphatic heterocycles. The minimum absolute atomic E-state index is 0. The van der Waals surface area contributed by atoms with Crippen molar-refractivity contribution >= 4 is 35.8 Å². The zero-order chi connectivity index (χ0) is 21.9. The summed E-state index contributed by atoms with van der Waals surface area (Å²) in [6.45, 7) is 7.08. The molecule has 1 aromatic rings. The van der Waals surface area contributed by atoms with Crippen LogP contribution < -0.4 is 5.32 Å². The van der Waals surface area contributed by atoms with E-state index < -0.39 is 12.8 Å². The van der Waals surface area contributed by atoms with E-state index in [1.54, 1.807) is 34.1 Å². The predicted molar refractivity (Wildman–Crippen MR) is 123 cm³/mol. The third-order valence-corrected chi connectivity index (χ3v) is 4.15. The number of hydrogen-bond acceptors (Lipinski definition) is 3. The van der Waals surface area contributed by atoms with Crippen molar-refractivity contribution in [1.82, 2.24) is 15.1 Å². The van der Waals surface area contributed by atoms with Crippen LogP contribution in [0.25, 0.3) is 0 Å². The number of nitrogens with one attached hydrogen (secondary N) is 1. The lowest BCUT2D eigenvalue weighted by molar-refractivity contribution is -0.176. The number of alkyl halides is 3. The first-order chi connectivity index (χ1) is 13.7. The Balaban J connectivity index is 0.00000841. The molecule has 0 saturated carbocycles. The molecule has 0 atom stereocenters. The van der Waals surface area contributed by atoms with E-state index in [2.05, 4.69) is 15.0 Å². The molecule has 1 aromatic carbocycles. The standard InChI is InChI=1S/C20H31F3N4O2.HI/c1-5-24-19(26(4)13-18(28)27(6-2)7-3)25-12-16-8-10-17(11-9-16)14-29-15-20(21,22)23;/h8-11H,5-7,12-15H2,1-4H3,(H,24,25);1H. The number of carbonyl (C=O) groups is 1. The van der Waals surface area contributed by atoms with Gasteiger partial charge in [-0.05, 0) is 31.9 Å². The molecular formula is C20H32F3IN4O2. The van der Waals surface area contributed by atoms with Crippen LogP contribution in [0.2, 0.25) is 0 Å². The molecule has 0 aromatic heterocycles. The van der Waals surface area contributed by atoms with Gasteiger partial charge in [0.25, 0.3) is 0 Å². The number of guanidine groups is 1. The molecule has 30 heavy (non-hydrogen) atoms. The number of ether oxygens (including phenoxy) is 1. The van der Waals surface area contributed by atoms with Crippen LogP contribution in [-0.4, -0.2) is 67.7 Å². The topological polar surface area (TPSA) is 57.2 Å². The number of hydrogen-bond donors (Lipinski definition) is 1. The van der Waals surface area contributed by atoms with Crippen molar-refractivity contribution in [2.45, 2.75) is 40.1 Å². The average molecular weight is 544 g/mol. The van der Waals surface area contributed by atoms with Gasteiger partial charge in [0.15, 0.2) is 5.96 Å². The number of carbonyl (C=O) groups excluding carboxylic acids is 1. The minimum Gasteiger partial charge on any atom is -0.367 e. The van der Waals surface area contributed by atoms with Gasteiger partial charge in [0, 0.05) is 26.7 Å². The third kappa shape index (κ3) is 11.0. The highest BCUT2D eigenvalue weighted by molar-refractivity contribution is 14.0. The van der Waals surface area contributed by atoms with E-state index in [0.717, 1.165) is 5.56 Å². The molecule has 0 aliphatic carbocycles. The van der Waals surface area contributed by atoms with Crippen LogP contribution >= 0.6 is 24.0 Å². The molecule has 6 nitrogen and oxygen atoms in total. The largest absolute Gasteiger partial charge is 0.411 e. The van der Waals surface area contributed by atoms with E-state index in [4.69, 9.17) is 0 Å². The van der Waals surface area contributed by atoms with Crippen molar-refractivity contribution in [3.63, 3.8) is 0 Å². The summed E-state index contributed by atoms with van der Waals surface area (Å²) in [4.78, 5) is 20.4. The molecule has 172 valence electrons. The van der Waals surface area contributed by atoms with Gasteiger partial charge in [-0.25, -0.2) is 4.99 Å². The molecule has 0 saturated heterocycles. The summed E-state index contributed by atoms with van der Waals surface area (Å²) in [5.41, 5.74) is 1.57. The van der Waals surface area contributed by atoms with Crippen molar-refractivity contribution in [2.24, 2.45) is 4.99 Å². The number of rotatable bonds is 10. The van der Waals surface area contributed by atoms with Gasteiger partial charge >= 0.3 is 6.18 Å². The van der Waals surface area contributed by atoms with Crippen LogP contribution in [0, 0.1) is 0 Å². The summed E-state index contributed by atoms with van der Waals surface area (Å²) < 4.78 is 41.0. The van der Waals surface area contributed by atoms with Gasteiger partial charge in [0.2, 0.25) is 5.91 Å². The Kier molecular flexibility index (Phi) is 13.7. The van der Waals surface area contributed by atoms with Crippen LogP contribution in [0.1, 0.15) is 31.9 Å². The number of benzene rings is 1. The van der Waals surface area contributed by atoms with Gasteiger partial charge in [-0.3, -0.25) is 4.79 Å². The second-order valence-electron chi connectivity index (χ2n) is 6.52. The molecule has 0 heterocycles. The summed E-state index contributed by atoms with van der Waals surface area (Å²) in [6.07, 6.45) is -4.32. The van der Waals surface area contributed by atoms with Crippen LogP contribution in [0.5, 0.6) is 0 Å². The van der Waals surface area contributed by atoms with Crippen molar-refractivity contribution in [3.8, 4) is 0 Å². The first-order valence-electron chi connectivity index (χ1n) is 9.69. The summed E-state index contributed by atoms with van der Waals surface area (Å²) in [7, 11) is 1.81. The van der Waals surface area contributed by atoms with Crippen LogP contribution in [0.4, 0.5) is 13.2 Å². The van der Waals surface area contributed by atoms with E-state index in [1.165, 1.54) is 0 Å². The molecule has 0 bridgehead atoms. The average Bonchev–Trinajstić information content (AvgIpc) is 2.66. The lowest BCUT2D eigenvalue weighted by Crippen LogP contribution is -2.45. The van der Waals surface area contributed by atoms with Crippen LogP contribution in [0.3, 0.4) is 0 Å². The van der Waals surface area contributed by atoms with E-state index in [-0.39, 0.29) is 43.0 Å². The lowest BCUT2D eigenvalue weighted by Gasteiger charge is -2.25. The van der Waals surface area contributed by atoms with Crippen molar-refractivity contribution in [3.05, 3.63) is 35.4 Å². The Morgan fingerprint density at radius 1 is 1.10 bits per heavy atom. The number of nitrogens with zero attached hydrogens (tertiary/aromatic N) is 3. The van der Waals surface area contributed by atoms with E-state index >= 15 is 0 Å². The van der Waals surface area contributed by atoms with Gasteiger partial charge < -0.3 is 19.9 Å².